The van der Waals surface area contributed by atoms with Crippen LogP contribution in [0.5, 0.6) is 0 Å². The predicted octanol–water partition coefficient (Wildman–Crippen LogP) is 5.04. The molecular weight excluding hydrogens is 343 g/mol. The third kappa shape index (κ3) is 2.99. The van der Waals surface area contributed by atoms with Crippen molar-refractivity contribution < 1.29 is 0 Å². The normalized spacial score (nSPS) is 11.2. The summed E-state index contributed by atoms with van der Waals surface area (Å²) in [5.74, 6) is 0.499. The molecule has 0 aliphatic carbocycles. The Hall–Kier alpha value is -1.88. The second kappa shape index (κ2) is 6.48. The molecule has 3 rings (SSSR count). The lowest BCUT2D eigenvalue weighted by Gasteiger charge is -2.05. The number of fused-ring (bicyclic) bond motifs is 1. The number of anilines is 1. The van der Waals surface area contributed by atoms with E-state index >= 15 is 0 Å². The molecule has 3 aromatic rings. The van der Waals surface area contributed by atoms with Crippen molar-refractivity contribution in [1.82, 2.24) is 10.2 Å². The van der Waals surface area contributed by atoms with Gasteiger partial charge in [-0.2, -0.15) is 5.10 Å². The molecule has 0 saturated heterocycles. The van der Waals surface area contributed by atoms with E-state index < -0.39 is 0 Å². The molecule has 1 heterocycles. The minimum absolute atomic E-state index is 0.347. The standard InChI is InChI=1S/C15H9Cl3N4/c16-12-6-3-7-13(17)11(12)8-19-21-15-10-5-2-1-4-9(10)14(18)20-22-15/h1-8H,(H,21,22). The number of nitrogens with zero attached hydrogens (tertiary/aromatic N) is 3. The van der Waals surface area contributed by atoms with Crippen molar-refractivity contribution in [3.05, 3.63) is 63.2 Å². The van der Waals surface area contributed by atoms with Crippen LogP contribution in [0.15, 0.2) is 47.6 Å². The summed E-state index contributed by atoms with van der Waals surface area (Å²) < 4.78 is 0. The molecule has 0 spiro atoms. The highest BCUT2D eigenvalue weighted by Crippen LogP contribution is 2.26. The average Bonchev–Trinajstić information content (AvgIpc) is 2.52. The summed E-state index contributed by atoms with van der Waals surface area (Å²) >= 11 is 18.2. The molecule has 0 bridgehead atoms. The monoisotopic (exact) mass is 350 g/mol. The lowest BCUT2D eigenvalue weighted by molar-refractivity contribution is 1.04. The molecule has 0 unspecified atom stereocenters. The second-order valence-corrected chi connectivity index (χ2v) is 5.56. The van der Waals surface area contributed by atoms with Crippen molar-refractivity contribution in [2.75, 3.05) is 5.43 Å². The van der Waals surface area contributed by atoms with Gasteiger partial charge in [0.05, 0.1) is 16.3 Å². The smallest absolute Gasteiger partial charge is 0.176 e. The van der Waals surface area contributed by atoms with E-state index in [1.807, 2.05) is 24.3 Å². The van der Waals surface area contributed by atoms with Gasteiger partial charge in [0.25, 0.3) is 0 Å². The number of nitrogens with one attached hydrogen (secondary N) is 1. The van der Waals surface area contributed by atoms with Crippen LogP contribution in [0, 0.1) is 0 Å². The van der Waals surface area contributed by atoms with E-state index in [0.29, 0.717) is 26.6 Å². The van der Waals surface area contributed by atoms with Gasteiger partial charge in [-0.1, -0.05) is 65.1 Å². The number of halogens is 3. The second-order valence-electron chi connectivity index (χ2n) is 4.39. The van der Waals surface area contributed by atoms with Crippen LogP contribution in [0.25, 0.3) is 10.8 Å². The molecule has 4 nitrogen and oxygen atoms in total. The van der Waals surface area contributed by atoms with Gasteiger partial charge in [0, 0.05) is 16.3 Å². The van der Waals surface area contributed by atoms with Gasteiger partial charge in [-0.05, 0) is 12.1 Å². The van der Waals surface area contributed by atoms with Crippen LogP contribution >= 0.6 is 34.8 Å². The van der Waals surface area contributed by atoms with Gasteiger partial charge in [0.2, 0.25) is 0 Å². The highest BCUT2D eigenvalue weighted by atomic mass is 35.5. The van der Waals surface area contributed by atoms with Gasteiger partial charge < -0.3 is 0 Å². The van der Waals surface area contributed by atoms with Crippen LogP contribution in [-0.2, 0) is 0 Å². The molecule has 0 radical (unpaired) electrons. The van der Waals surface area contributed by atoms with Crippen molar-refractivity contribution >= 4 is 57.6 Å². The van der Waals surface area contributed by atoms with Crippen molar-refractivity contribution in [3.8, 4) is 0 Å². The zero-order valence-electron chi connectivity index (χ0n) is 11.1. The molecule has 0 aliphatic rings. The Balaban J connectivity index is 1.92. The molecule has 110 valence electrons. The fourth-order valence-corrected chi connectivity index (χ4v) is 2.64. The molecule has 22 heavy (non-hydrogen) atoms. The van der Waals surface area contributed by atoms with Crippen molar-refractivity contribution in [2.45, 2.75) is 0 Å². The molecule has 0 saturated carbocycles. The van der Waals surface area contributed by atoms with E-state index in [9.17, 15) is 0 Å². The van der Waals surface area contributed by atoms with Crippen LogP contribution in [0.1, 0.15) is 5.56 Å². The Labute approximate surface area is 141 Å². The number of hydrazone groups is 1. The molecule has 0 amide bonds. The van der Waals surface area contributed by atoms with Crippen LogP contribution in [0.3, 0.4) is 0 Å². The van der Waals surface area contributed by atoms with Crippen LogP contribution in [-0.4, -0.2) is 16.4 Å². The summed E-state index contributed by atoms with van der Waals surface area (Å²) in [5, 5.41) is 15.0. The Morgan fingerprint density at radius 2 is 1.55 bits per heavy atom. The van der Waals surface area contributed by atoms with E-state index in [4.69, 9.17) is 34.8 Å². The van der Waals surface area contributed by atoms with Gasteiger partial charge >= 0.3 is 0 Å². The minimum Gasteiger partial charge on any atom is -0.259 e. The zero-order valence-corrected chi connectivity index (χ0v) is 13.4. The third-order valence-electron chi connectivity index (χ3n) is 3.01. The number of aromatic nitrogens is 2. The largest absolute Gasteiger partial charge is 0.259 e. The lowest BCUT2D eigenvalue weighted by Crippen LogP contribution is -1.98. The summed E-state index contributed by atoms with van der Waals surface area (Å²) in [4.78, 5) is 0. The van der Waals surface area contributed by atoms with Gasteiger partial charge in [0.15, 0.2) is 11.0 Å². The van der Waals surface area contributed by atoms with Crippen LogP contribution in [0.4, 0.5) is 5.82 Å². The third-order valence-corrected chi connectivity index (χ3v) is 3.94. The van der Waals surface area contributed by atoms with Gasteiger partial charge in [-0.25, -0.2) is 0 Å². The van der Waals surface area contributed by atoms with Crippen molar-refractivity contribution in [1.29, 1.82) is 0 Å². The number of hydrogen-bond donors (Lipinski definition) is 1. The topological polar surface area (TPSA) is 50.2 Å². The summed E-state index contributed by atoms with van der Waals surface area (Å²) in [5.41, 5.74) is 3.47. The van der Waals surface area contributed by atoms with E-state index in [1.54, 1.807) is 18.2 Å². The summed E-state index contributed by atoms with van der Waals surface area (Å²) in [6, 6.07) is 12.8. The van der Waals surface area contributed by atoms with Gasteiger partial charge in [-0.3, -0.25) is 5.43 Å². The first-order chi connectivity index (χ1) is 10.7. The Morgan fingerprint density at radius 1 is 0.864 bits per heavy atom. The Morgan fingerprint density at radius 3 is 2.27 bits per heavy atom. The van der Waals surface area contributed by atoms with Crippen molar-refractivity contribution in [3.63, 3.8) is 0 Å². The molecule has 0 fully saturated rings. The molecule has 1 aromatic heterocycles. The fourth-order valence-electron chi connectivity index (χ4n) is 1.95. The average molecular weight is 352 g/mol. The molecule has 1 N–H and O–H groups in total. The SMILES string of the molecule is Clc1cccc(Cl)c1C=NNc1nnc(Cl)c2ccccc12. The van der Waals surface area contributed by atoms with E-state index in [2.05, 4.69) is 20.7 Å². The number of benzene rings is 2. The summed E-state index contributed by atoms with van der Waals surface area (Å²) in [7, 11) is 0. The van der Waals surface area contributed by atoms with Crippen LogP contribution in [0.2, 0.25) is 15.2 Å². The maximum Gasteiger partial charge on any atom is 0.176 e. The molecule has 0 aliphatic heterocycles. The van der Waals surface area contributed by atoms with E-state index in [-0.39, 0.29) is 0 Å². The first-order valence-electron chi connectivity index (χ1n) is 6.31. The Bertz CT molecular complexity index is 844. The maximum absolute atomic E-state index is 6.08. The number of rotatable bonds is 3. The van der Waals surface area contributed by atoms with E-state index in [1.165, 1.54) is 6.21 Å². The lowest BCUT2D eigenvalue weighted by atomic mass is 10.2. The Kier molecular flexibility index (Phi) is 4.43. The van der Waals surface area contributed by atoms with E-state index in [0.717, 1.165) is 10.8 Å². The predicted molar refractivity (Wildman–Crippen MR) is 92.2 cm³/mol. The summed E-state index contributed by atoms with van der Waals surface area (Å²) in [6.07, 6.45) is 1.54. The molecular formula is C15H9Cl3N4. The molecule has 0 atom stereocenters. The molecule has 7 heteroatoms. The first kappa shape index (κ1) is 15.0. The van der Waals surface area contributed by atoms with Gasteiger partial charge in [-0.15, -0.1) is 10.2 Å². The maximum atomic E-state index is 6.08. The quantitative estimate of drug-likeness (QED) is 0.531. The van der Waals surface area contributed by atoms with Crippen molar-refractivity contribution in [2.24, 2.45) is 5.10 Å². The fraction of sp³-hybridized carbons (Fsp3) is 0. The highest BCUT2D eigenvalue weighted by Gasteiger charge is 2.06. The highest BCUT2D eigenvalue weighted by molar-refractivity contribution is 6.38. The molecule has 2 aromatic carbocycles. The number of hydrogen-bond acceptors (Lipinski definition) is 4. The summed E-state index contributed by atoms with van der Waals surface area (Å²) in [6.45, 7) is 0. The zero-order chi connectivity index (χ0) is 15.5. The van der Waals surface area contributed by atoms with Gasteiger partial charge in [0.1, 0.15) is 0 Å². The minimum atomic E-state index is 0.347. The first-order valence-corrected chi connectivity index (χ1v) is 7.44. The van der Waals surface area contributed by atoms with Crippen LogP contribution < -0.4 is 5.43 Å².